The summed E-state index contributed by atoms with van der Waals surface area (Å²) in [6.07, 6.45) is 1.67. The van der Waals surface area contributed by atoms with Gasteiger partial charge in [0.1, 0.15) is 0 Å². The molecule has 0 radical (unpaired) electrons. The molecule has 1 N–H and O–H groups in total. The number of aliphatic hydroxyl groups excluding tert-OH is 1. The third-order valence-corrected chi connectivity index (χ3v) is 6.13. The Morgan fingerprint density at radius 1 is 1.30 bits per heavy atom. The third kappa shape index (κ3) is 3.29. The molecule has 2 aliphatic heterocycles. The van der Waals surface area contributed by atoms with Crippen LogP contribution in [0.1, 0.15) is 34.1 Å². The van der Waals surface area contributed by atoms with Gasteiger partial charge >= 0.3 is 0 Å². The van der Waals surface area contributed by atoms with Gasteiger partial charge in [-0.15, -0.1) is 11.3 Å². The number of Topliss-reactive ketones (excluding diaryl/α,β-unsaturated/α-hetero) is 1. The van der Waals surface area contributed by atoms with Crippen molar-refractivity contribution in [3.05, 3.63) is 68.6 Å². The summed E-state index contributed by atoms with van der Waals surface area (Å²) >= 11 is 7.67. The van der Waals surface area contributed by atoms with Gasteiger partial charge in [-0.3, -0.25) is 9.59 Å². The van der Waals surface area contributed by atoms with Crippen LogP contribution in [-0.2, 0) is 9.53 Å². The van der Waals surface area contributed by atoms with Crippen LogP contribution in [0.25, 0.3) is 0 Å². The van der Waals surface area contributed by atoms with Crippen molar-refractivity contribution in [1.82, 2.24) is 4.90 Å². The molecule has 0 aliphatic carbocycles. The number of hydrogen-bond donors (Lipinski definition) is 1. The lowest BCUT2D eigenvalue weighted by Gasteiger charge is -2.29. The highest BCUT2D eigenvalue weighted by Crippen LogP contribution is 2.42. The zero-order valence-corrected chi connectivity index (χ0v) is 16.0. The quantitative estimate of drug-likeness (QED) is 0.761. The molecule has 1 saturated heterocycles. The van der Waals surface area contributed by atoms with Crippen LogP contribution in [-0.4, -0.2) is 41.0 Å². The fourth-order valence-corrected chi connectivity index (χ4v) is 4.56. The molecule has 1 amide bonds. The van der Waals surface area contributed by atoms with Gasteiger partial charge in [-0.2, -0.15) is 0 Å². The predicted molar refractivity (Wildman–Crippen MR) is 103 cm³/mol. The number of halogens is 1. The summed E-state index contributed by atoms with van der Waals surface area (Å²) in [5, 5.41) is 12.8. The van der Waals surface area contributed by atoms with E-state index >= 15 is 0 Å². The van der Waals surface area contributed by atoms with Crippen LogP contribution in [0.5, 0.6) is 0 Å². The fourth-order valence-electron chi connectivity index (χ4n) is 3.64. The largest absolute Gasteiger partial charge is 0.503 e. The van der Waals surface area contributed by atoms with Crippen molar-refractivity contribution >= 4 is 34.6 Å². The lowest BCUT2D eigenvalue weighted by Crippen LogP contribution is -2.37. The monoisotopic (exact) mass is 403 g/mol. The number of thiophene rings is 1. The molecule has 5 nitrogen and oxygen atoms in total. The Morgan fingerprint density at radius 2 is 2.11 bits per heavy atom. The molecule has 1 aromatic heterocycles. The van der Waals surface area contributed by atoms with Crippen molar-refractivity contribution in [2.45, 2.75) is 25.0 Å². The summed E-state index contributed by atoms with van der Waals surface area (Å²) < 4.78 is 5.67. The van der Waals surface area contributed by atoms with Gasteiger partial charge in [0, 0.05) is 18.2 Å². The molecule has 2 aliphatic rings. The highest BCUT2D eigenvalue weighted by atomic mass is 35.5. The number of amides is 1. The first-order chi connectivity index (χ1) is 13.1. The van der Waals surface area contributed by atoms with Crippen LogP contribution in [0, 0.1) is 0 Å². The smallest absolute Gasteiger partial charge is 0.290 e. The van der Waals surface area contributed by atoms with Crippen LogP contribution in [0.4, 0.5) is 0 Å². The second-order valence-corrected chi connectivity index (χ2v) is 7.94. The van der Waals surface area contributed by atoms with Crippen molar-refractivity contribution < 1.29 is 19.4 Å². The molecule has 2 atom stereocenters. The second-order valence-electron chi connectivity index (χ2n) is 6.59. The topological polar surface area (TPSA) is 66.8 Å². The summed E-state index contributed by atoms with van der Waals surface area (Å²) in [5.74, 6) is -1.41. The highest BCUT2D eigenvalue weighted by molar-refractivity contribution is 7.12. The maximum atomic E-state index is 13.1. The lowest BCUT2D eigenvalue weighted by atomic mass is 9.95. The second kappa shape index (κ2) is 7.46. The normalized spacial score (nSPS) is 22.7. The van der Waals surface area contributed by atoms with Gasteiger partial charge in [0.05, 0.1) is 22.6 Å². The van der Waals surface area contributed by atoms with Gasteiger partial charge in [-0.25, -0.2) is 0 Å². The maximum absolute atomic E-state index is 13.1. The number of benzene rings is 1. The molecule has 4 rings (SSSR count). The van der Waals surface area contributed by atoms with E-state index in [4.69, 9.17) is 16.3 Å². The number of carbonyl (C=O) groups is 2. The molecule has 0 spiro atoms. The Labute approximate surface area is 165 Å². The van der Waals surface area contributed by atoms with E-state index in [2.05, 4.69) is 0 Å². The Hall–Kier alpha value is -2.15. The molecular formula is C20H18ClNO4S. The summed E-state index contributed by atoms with van der Waals surface area (Å²) in [6.45, 7) is 0.962. The average molecular weight is 404 g/mol. The Bertz CT molecular complexity index is 902. The standard InChI is InChI=1S/C20H18ClNO4S/c21-14-7-2-1-6-13(14)17-16(18(23)15-8-4-10-27-15)19(24)20(25)22(17)11-12-5-3-9-26-12/h1-2,4,6-8,10,12,17,24H,3,5,9,11H2/t12-,17+/m1/s1. The zero-order chi connectivity index (χ0) is 19.0. The van der Waals surface area contributed by atoms with Crippen molar-refractivity contribution in [2.24, 2.45) is 0 Å². The molecule has 2 aromatic rings. The summed E-state index contributed by atoms with van der Waals surface area (Å²) in [6, 6.07) is 9.81. The summed E-state index contributed by atoms with van der Waals surface area (Å²) in [7, 11) is 0. The van der Waals surface area contributed by atoms with Crippen molar-refractivity contribution in [1.29, 1.82) is 0 Å². The lowest BCUT2D eigenvalue weighted by molar-refractivity contribution is -0.131. The van der Waals surface area contributed by atoms with E-state index in [-0.39, 0.29) is 17.5 Å². The van der Waals surface area contributed by atoms with Crippen LogP contribution < -0.4 is 0 Å². The van der Waals surface area contributed by atoms with E-state index in [0.717, 1.165) is 12.8 Å². The van der Waals surface area contributed by atoms with Crippen LogP contribution in [0.3, 0.4) is 0 Å². The summed E-state index contributed by atoms with van der Waals surface area (Å²) in [4.78, 5) is 27.9. The number of hydrogen-bond acceptors (Lipinski definition) is 5. The number of nitrogens with zero attached hydrogens (tertiary/aromatic N) is 1. The van der Waals surface area contributed by atoms with Gasteiger partial charge in [0.2, 0.25) is 5.78 Å². The Kier molecular flexibility index (Phi) is 5.04. The van der Waals surface area contributed by atoms with Crippen molar-refractivity contribution in [3.8, 4) is 0 Å². The van der Waals surface area contributed by atoms with Gasteiger partial charge in [-0.1, -0.05) is 35.9 Å². The van der Waals surface area contributed by atoms with E-state index in [9.17, 15) is 14.7 Å². The molecule has 7 heteroatoms. The molecule has 27 heavy (non-hydrogen) atoms. The fraction of sp³-hybridized carbons (Fsp3) is 0.300. The zero-order valence-electron chi connectivity index (χ0n) is 14.4. The van der Waals surface area contributed by atoms with E-state index in [1.165, 1.54) is 16.2 Å². The molecule has 3 heterocycles. The number of rotatable bonds is 5. The predicted octanol–water partition coefficient (Wildman–Crippen LogP) is 4.16. The van der Waals surface area contributed by atoms with Crippen molar-refractivity contribution in [2.75, 3.05) is 13.2 Å². The number of ether oxygens (including phenoxy) is 1. The molecule has 0 bridgehead atoms. The number of ketones is 1. The van der Waals surface area contributed by atoms with Crippen LogP contribution >= 0.6 is 22.9 Å². The van der Waals surface area contributed by atoms with Gasteiger partial charge in [0.25, 0.3) is 5.91 Å². The first kappa shape index (κ1) is 18.2. The average Bonchev–Trinajstić information content (AvgIpc) is 3.40. The Balaban J connectivity index is 1.78. The summed E-state index contributed by atoms with van der Waals surface area (Å²) in [5.41, 5.74) is 0.697. The molecule has 1 aromatic carbocycles. The molecule has 0 unspecified atom stereocenters. The van der Waals surface area contributed by atoms with E-state index < -0.39 is 17.7 Å². The van der Waals surface area contributed by atoms with Crippen LogP contribution in [0.15, 0.2) is 53.1 Å². The molecular weight excluding hydrogens is 386 g/mol. The third-order valence-electron chi connectivity index (χ3n) is 4.92. The minimum absolute atomic E-state index is 0.0774. The first-order valence-corrected chi connectivity index (χ1v) is 10.0. The van der Waals surface area contributed by atoms with E-state index in [1.54, 1.807) is 41.8 Å². The number of aliphatic hydroxyl groups is 1. The first-order valence-electron chi connectivity index (χ1n) is 8.76. The van der Waals surface area contributed by atoms with E-state index in [1.807, 2.05) is 0 Å². The van der Waals surface area contributed by atoms with Crippen molar-refractivity contribution in [3.63, 3.8) is 0 Å². The Morgan fingerprint density at radius 3 is 2.78 bits per heavy atom. The SMILES string of the molecule is O=C(C1=C(O)C(=O)N(C[C@H]2CCCO2)[C@H]1c1ccccc1Cl)c1cccs1. The van der Waals surface area contributed by atoms with Gasteiger partial charge in [-0.05, 0) is 35.9 Å². The molecule has 1 fully saturated rings. The van der Waals surface area contributed by atoms with Crippen LogP contribution in [0.2, 0.25) is 5.02 Å². The maximum Gasteiger partial charge on any atom is 0.290 e. The highest BCUT2D eigenvalue weighted by Gasteiger charge is 2.45. The molecule has 140 valence electrons. The van der Waals surface area contributed by atoms with E-state index in [0.29, 0.717) is 28.6 Å². The van der Waals surface area contributed by atoms with Gasteiger partial charge in [0.15, 0.2) is 5.76 Å². The van der Waals surface area contributed by atoms with Gasteiger partial charge < -0.3 is 14.7 Å². The minimum Gasteiger partial charge on any atom is -0.503 e. The number of carbonyl (C=O) groups excluding carboxylic acids is 2. The molecule has 0 saturated carbocycles. The minimum atomic E-state index is -0.731.